The summed E-state index contributed by atoms with van der Waals surface area (Å²) in [6, 6.07) is 62.1. The molecule has 6 heteroatoms. The number of fused-ring (bicyclic) bond motifs is 8. The third kappa shape index (κ3) is 5.49. The van der Waals surface area contributed by atoms with Crippen molar-refractivity contribution < 1.29 is 4.42 Å². The standard InChI is InChI=1S/C53H33N5O/c1-58-50-15-6-12-44(52(50)57-53(58)47-14-7-13-45(55-47)36-20-23-42-34(26-36)18-16-32-8-2-4-10-40(32)42)39-28-48(56-49(29-39)38-22-25-46-51(30-38)59-31-54-46)37-21-24-43-35(27-37)19-17-33-9-3-5-11-41(33)43/h2-31H,1H3. The second-order valence-corrected chi connectivity index (χ2v) is 15.2. The van der Waals surface area contributed by atoms with E-state index in [9.17, 15) is 0 Å². The van der Waals surface area contributed by atoms with Crippen LogP contribution < -0.4 is 0 Å². The highest BCUT2D eigenvalue weighted by Crippen LogP contribution is 2.38. The van der Waals surface area contributed by atoms with E-state index in [1.54, 1.807) is 0 Å². The second kappa shape index (κ2) is 13.0. The predicted octanol–water partition coefficient (Wildman–Crippen LogP) is 13.5. The molecular weight excluding hydrogens is 723 g/mol. The number of benzene rings is 8. The molecule has 6 nitrogen and oxygen atoms in total. The lowest BCUT2D eigenvalue weighted by atomic mass is 9.96. The van der Waals surface area contributed by atoms with Crippen LogP contribution in [0.5, 0.6) is 0 Å². The number of rotatable bonds is 5. The summed E-state index contributed by atoms with van der Waals surface area (Å²) in [7, 11) is 2.07. The molecule has 0 unspecified atom stereocenters. The summed E-state index contributed by atoms with van der Waals surface area (Å²) in [6.45, 7) is 0. The van der Waals surface area contributed by atoms with Crippen molar-refractivity contribution in [2.24, 2.45) is 7.05 Å². The van der Waals surface area contributed by atoms with Crippen LogP contribution in [0.3, 0.4) is 0 Å². The molecule has 12 rings (SSSR count). The van der Waals surface area contributed by atoms with Crippen molar-refractivity contribution in [2.75, 3.05) is 0 Å². The Morgan fingerprint density at radius 2 is 1.00 bits per heavy atom. The molecule has 0 aliphatic rings. The fourth-order valence-corrected chi connectivity index (χ4v) is 8.74. The number of hydrogen-bond acceptors (Lipinski definition) is 5. The zero-order valence-electron chi connectivity index (χ0n) is 32.0. The number of pyridine rings is 2. The summed E-state index contributed by atoms with van der Waals surface area (Å²) >= 11 is 0. The predicted molar refractivity (Wildman–Crippen MR) is 241 cm³/mol. The third-order valence-corrected chi connectivity index (χ3v) is 11.7. The fraction of sp³-hybridized carbons (Fsp3) is 0.0189. The third-order valence-electron chi connectivity index (χ3n) is 11.7. The summed E-state index contributed by atoms with van der Waals surface area (Å²) in [4.78, 5) is 20.2. The van der Waals surface area contributed by atoms with E-state index in [4.69, 9.17) is 19.4 Å². The number of para-hydroxylation sites is 1. The molecule has 12 aromatic rings. The Balaban J connectivity index is 0.990. The van der Waals surface area contributed by atoms with Crippen LogP contribution in [-0.2, 0) is 7.05 Å². The minimum Gasteiger partial charge on any atom is -0.443 e. The van der Waals surface area contributed by atoms with E-state index in [1.165, 1.54) is 49.5 Å². The molecule has 0 atom stereocenters. The van der Waals surface area contributed by atoms with E-state index in [2.05, 4.69) is 174 Å². The summed E-state index contributed by atoms with van der Waals surface area (Å²) in [5, 5.41) is 9.77. The lowest BCUT2D eigenvalue weighted by molar-refractivity contribution is 0.602. The molecule has 276 valence electrons. The second-order valence-electron chi connectivity index (χ2n) is 15.2. The number of nitrogens with zero attached hydrogens (tertiary/aromatic N) is 5. The van der Waals surface area contributed by atoms with Gasteiger partial charge in [0.1, 0.15) is 11.2 Å². The Labute approximate surface area is 338 Å². The molecule has 0 saturated heterocycles. The first-order valence-electron chi connectivity index (χ1n) is 19.7. The van der Waals surface area contributed by atoms with Crippen molar-refractivity contribution in [1.82, 2.24) is 24.5 Å². The van der Waals surface area contributed by atoms with E-state index in [1.807, 2.05) is 18.2 Å². The van der Waals surface area contributed by atoms with Crippen molar-refractivity contribution in [1.29, 1.82) is 0 Å². The van der Waals surface area contributed by atoms with Gasteiger partial charge in [-0.1, -0.05) is 121 Å². The Bertz CT molecular complexity index is 3650. The van der Waals surface area contributed by atoms with Crippen LogP contribution in [0.15, 0.2) is 187 Å². The van der Waals surface area contributed by atoms with E-state index in [0.29, 0.717) is 0 Å². The van der Waals surface area contributed by atoms with Crippen LogP contribution in [0.2, 0.25) is 0 Å². The van der Waals surface area contributed by atoms with Crippen molar-refractivity contribution in [2.45, 2.75) is 0 Å². The van der Waals surface area contributed by atoms with Gasteiger partial charge in [0.25, 0.3) is 0 Å². The molecule has 0 aliphatic carbocycles. The Kier molecular flexibility index (Phi) is 7.34. The van der Waals surface area contributed by atoms with Gasteiger partial charge >= 0.3 is 0 Å². The number of oxazole rings is 1. The topological polar surface area (TPSA) is 69.6 Å². The molecular formula is C53H33N5O. The van der Waals surface area contributed by atoms with Gasteiger partial charge in [-0.15, -0.1) is 0 Å². The Morgan fingerprint density at radius 1 is 0.424 bits per heavy atom. The van der Waals surface area contributed by atoms with Crippen LogP contribution in [0, 0.1) is 0 Å². The van der Waals surface area contributed by atoms with Gasteiger partial charge in [-0.3, -0.25) is 0 Å². The number of hydrogen-bond donors (Lipinski definition) is 0. The van der Waals surface area contributed by atoms with Crippen LogP contribution in [0.4, 0.5) is 0 Å². The molecule has 4 aromatic heterocycles. The number of aryl methyl sites for hydroxylation is 1. The highest BCUT2D eigenvalue weighted by molar-refractivity contribution is 6.09. The van der Waals surface area contributed by atoms with E-state index in [0.717, 1.165) is 78.6 Å². The molecule has 0 radical (unpaired) electrons. The smallest absolute Gasteiger partial charge is 0.181 e. The molecule has 4 heterocycles. The summed E-state index contributed by atoms with van der Waals surface area (Å²) < 4.78 is 7.87. The first kappa shape index (κ1) is 33.2. The first-order chi connectivity index (χ1) is 29.1. The summed E-state index contributed by atoms with van der Waals surface area (Å²) in [5.41, 5.74) is 11.9. The quantitative estimate of drug-likeness (QED) is 0.164. The van der Waals surface area contributed by atoms with E-state index < -0.39 is 0 Å². The van der Waals surface area contributed by atoms with Gasteiger partial charge in [0.2, 0.25) is 0 Å². The van der Waals surface area contributed by atoms with Crippen molar-refractivity contribution in [3.05, 3.63) is 182 Å². The Morgan fingerprint density at radius 3 is 1.73 bits per heavy atom. The van der Waals surface area contributed by atoms with Crippen molar-refractivity contribution in [3.63, 3.8) is 0 Å². The van der Waals surface area contributed by atoms with Gasteiger partial charge in [0.15, 0.2) is 17.8 Å². The van der Waals surface area contributed by atoms with Crippen molar-refractivity contribution >= 4 is 65.2 Å². The van der Waals surface area contributed by atoms with Crippen LogP contribution in [0.1, 0.15) is 0 Å². The van der Waals surface area contributed by atoms with Gasteiger partial charge in [-0.05, 0) is 103 Å². The number of aromatic nitrogens is 5. The molecule has 0 saturated carbocycles. The van der Waals surface area contributed by atoms with Gasteiger partial charge in [0.05, 0.1) is 28.1 Å². The highest BCUT2D eigenvalue weighted by atomic mass is 16.3. The van der Waals surface area contributed by atoms with E-state index in [-0.39, 0.29) is 0 Å². The van der Waals surface area contributed by atoms with Gasteiger partial charge in [-0.25, -0.2) is 19.9 Å². The maximum atomic E-state index is 5.72. The molecule has 0 spiro atoms. The zero-order chi connectivity index (χ0) is 39.0. The summed E-state index contributed by atoms with van der Waals surface area (Å²) in [6.07, 6.45) is 1.48. The minimum absolute atomic E-state index is 0.720. The monoisotopic (exact) mass is 755 g/mol. The fourth-order valence-electron chi connectivity index (χ4n) is 8.74. The highest BCUT2D eigenvalue weighted by Gasteiger charge is 2.18. The Hall–Kier alpha value is -7.96. The van der Waals surface area contributed by atoms with Gasteiger partial charge in [-0.2, -0.15) is 0 Å². The molecule has 0 amide bonds. The maximum Gasteiger partial charge on any atom is 0.181 e. The largest absolute Gasteiger partial charge is 0.443 e. The minimum atomic E-state index is 0.720. The lowest BCUT2D eigenvalue weighted by Gasteiger charge is -2.12. The first-order valence-corrected chi connectivity index (χ1v) is 19.7. The molecule has 8 aromatic carbocycles. The normalized spacial score (nSPS) is 11.8. The average Bonchev–Trinajstić information content (AvgIpc) is 3.92. The molecule has 0 aliphatic heterocycles. The molecule has 59 heavy (non-hydrogen) atoms. The van der Waals surface area contributed by atoms with Crippen LogP contribution in [0.25, 0.3) is 122 Å². The van der Waals surface area contributed by atoms with Crippen LogP contribution >= 0.6 is 0 Å². The summed E-state index contributed by atoms with van der Waals surface area (Å²) in [5.74, 6) is 0.799. The SMILES string of the molecule is Cn1c(-c2cccc(-c3ccc4c(ccc5ccccc54)c3)n2)nc2c(-c3cc(-c4ccc5c(ccc6ccccc65)c4)nc(-c4ccc5ncoc5c4)c3)cccc21. The van der Waals surface area contributed by atoms with Crippen LogP contribution in [-0.4, -0.2) is 24.5 Å². The number of imidazole rings is 1. The van der Waals surface area contributed by atoms with Gasteiger partial charge < -0.3 is 8.98 Å². The van der Waals surface area contributed by atoms with Crippen molar-refractivity contribution in [3.8, 4) is 56.4 Å². The van der Waals surface area contributed by atoms with Gasteiger partial charge in [0, 0.05) is 29.3 Å². The molecule has 0 N–H and O–H groups in total. The zero-order valence-corrected chi connectivity index (χ0v) is 32.0. The average molecular weight is 756 g/mol. The molecule has 0 bridgehead atoms. The maximum absolute atomic E-state index is 5.72. The molecule has 0 fully saturated rings. The van der Waals surface area contributed by atoms with E-state index >= 15 is 0 Å². The lowest BCUT2D eigenvalue weighted by Crippen LogP contribution is -1.96.